The Hall–Kier alpha value is -1.65. The predicted octanol–water partition coefficient (Wildman–Crippen LogP) is 2.75. The summed E-state index contributed by atoms with van der Waals surface area (Å²) >= 11 is 2.67. The van der Waals surface area contributed by atoms with Gasteiger partial charge in [0.15, 0.2) is 4.34 Å². The lowest BCUT2D eigenvalue weighted by molar-refractivity contribution is -0.117. The highest BCUT2D eigenvalue weighted by molar-refractivity contribution is 8.00. The van der Waals surface area contributed by atoms with Crippen molar-refractivity contribution in [3.05, 3.63) is 29.8 Å². The van der Waals surface area contributed by atoms with E-state index in [0.29, 0.717) is 17.2 Å². The Morgan fingerprint density at radius 3 is 2.64 bits per heavy atom. The second-order valence-corrected chi connectivity index (χ2v) is 9.28. The molecule has 0 fully saturated rings. The number of hydrogen-bond acceptors (Lipinski definition) is 7. The highest BCUT2D eigenvalue weighted by Crippen LogP contribution is 2.26. The average molecular weight is 401 g/mol. The van der Waals surface area contributed by atoms with E-state index >= 15 is 0 Å². The first kappa shape index (κ1) is 19.7. The van der Waals surface area contributed by atoms with Crippen molar-refractivity contribution >= 4 is 49.8 Å². The van der Waals surface area contributed by atoms with Crippen molar-refractivity contribution in [1.82, 2.24) is 10.2 Å². The van der Waals surface area contributed by atoms with Crippen LogP contribution in [0.2, 0.25) is 0 Å². The molecule has 0 unspecified atom stereocenters. The van der Waals surface area contributed by atoms with Crippen LogP contribution in [0.5, 0.6) is 0 Å². The minimum absolute atomic E-state index is 0.320. The van der Waals surface area contributed by atoms with Gasteiger partial charge in [-0.3, -0.25) is 14.4 Å². The van der Waals surface area contributed by atoms with Gasteiger partial charge in [0.1, 0.15) is 6.04 Å². The van der Waals surface area contributed by atoms with E-state index in [2.05, 4.69) is 15.5 Å². The summed E-state index contributed by atoms with van der Waals surface area (Å²) in [7, 11) is -3.65. The molecule has 1 N–H and O–H groups in total. The zero-order valence-electron chi connectivity index (χ0n) is 14.4. The lowest BCUT2D eigenvalue weighted by atomic mass is 10.1. The summed E-state index contributed by atoms with van der Waals surface area (Å²) in [5.74, 6) is -0.432. The van der Waals surface area contributed by atoms with Gasteiger partial charge in [-0.2, -0.15) is 0 Å². The maximum Gasteiger partial charge on any atom is 0.250 e. The number of nitrogens with zero attached hydrogens (tertiary/aromatic N) is 3. The minimum Gasteiger partial charge on any atom is -0.299 e. The van der Waals surface area contributed by atoms with Crippen LogP contribution in [-0.4, -0.2) is 43.1 Å². The van der Waals surface area contributed by atoms with Crippen LogP contribution in [0.1, 0.15) is 18.9 Å². The molecule has 0 bridgehead atoms. The Balaban J connectivity index is 2.34. The van der Waals surface area contributed by atoms with Crippen LogP contribution in [-0.2, 0) is 14.8 Å². The number of rotatable bonds is 7. The van der Waals surface area contributed by atoms with E-state index in [1.54, 1.807) is 25.1 Å². The fourth-order valence-electron chi connectivity index (χ4n) is 2.36. The number of benzene rings is 1. The molecule has 1 amide bonds. The van der Waals surface area contributed by atoms with Gasteiger partial charge in [-0.15, -0.1) is 10.2 Å². The van der Waals surface area contributed by atoms with Gasteiger partial charge in [-0.1, -0.05) is 42.2 Å². The van der Waals surface area contributed by atoms with Crippen molar-refractivity contribution < 1.29 is 13.2 Å². The van der Waals surface area contributed by atoms with Gasteiger partial charge in [-0.05, 0) is 37.3 Å². The minimum atomic E-state index is -3.65. The smallest absolute Gasteiger partial charge is 0.250 e. The van der Waals surface area contributed by atoms with Gasteiger partial charge < -0.3 is 0 Å². The number of carbonyl (C=O) groups excluding carboxylic acids is 1. The monoisotopic (exact) mass is 400 g/mol. The van der Waals surface area contributed by atoms with Gasteiger partial charge in [0, 0.05) is 0 Å². The van der Waals surface area contributed by atoms with Gasteiger partial charge in [-0.25, -0.2) is 8.42 Å². The highest BCUT2D eigenvalue weighted by Gasteiger charge is 2.32. The SMILES string of the molecule is CC[C@H](C(=O)Nc1nnc(SC)s1)N(c1cccc(C)c1)S(C)(=O)=O. The molecule has 1 atom stereocenters. The fraction of sp³-hybridized carbons (Fsp3) is 0.400. The van der Waals surface area contributed by atoms with E-state index in [9.17, 15) is 13.2 Å². The fourth-order valence-corrected chi connectivity index (χ4v) is 4.73. The number of thioether (sulfide) groups is 1. The predicted molar refractivity (Wildman–Crippen MR) is 103 cm³/mol. The largest absolute Gasteiger partial charge is 0.299 e. The van der Waals surface area contributed by atoms with Crippen LogP contribution >= 0.6 is 23.1 Å². The van der Waals surface area contributed by atoms with Gasteiger partial charge in [0.2, 0.25) is 21.1 Å². The average Bonchev–Trinajstić information content (AvgIpc) is 2.98. The van der Waals surface area contributed by atoms with Crippen molar-refractivity contribution in [3.8, 4) is 0 Å². The molecule has 136 valence electrons. The van der Waals surface area contributed by atoms with E-state index < -0.39 is 22.0 Å². The number of nitrogens with one attached hydrogen (secondary N) is 1. The summed E-state index contributed by atoms with van der Waals surface area (Å²) in [4.78, 5) is 12.7. The lowest BCUT2D eigenvalue weighted by Gasteiger charge is -2.30. The Labute approximate surface area is 155 Å². The molecule has 2 aromatic rings. The van der Waals surface area contributed by atoms with Crippen LogP contribution in [0, 0.1) is 6.92 Å². The number of amides is 1. The number of aryl methyl sites for hydroxylation is 1. The third-order valence-electron chi connectivity index (χ3n) is 3.40. The topological polar surface area (TPSA) is 92.3 Å². The molecule has 25 heavy (non-hydrogen) atoms. The summed E-state index contributed by atoms with van der Waals surface area (Å²) in [5.41, 5.74) is 1.38. The summed E-state index contributed by atoms with van der Waals surface area (Å²) in [5, 5.41) is 10.8. The van der Waals surface area contributed by atoms with Gasteiger partial charge in [0.25, 0.3) is 0 Å². The lowest BCUT2D eigenvalue weighted by Crippen LogP contribution is -2.47. The second kappa shape index (κ2) is 8.15. The first-order valence-corrected chi connectivity index (χ1v) is 11.4. The molecule has 0 saturated carbocycles. The molecule has 2 rings (SSSR count). The summed E-state index contributed by atoms with van der Waals surface area (Å²) < 4.78 is 26.6. The van der Waals surface area contributed by atoms with Crippen molar-refractivity contribution in [1.29, 1.82) is 0 Å². The second-order valence-electron chi connectivity index (χ2n) is 5.39. The maximum atomic E-state index is 12.7. The van der Waals surface area contributed by atoms with Crippen LogP contribution < -0.4 is 9.62 Å². The van der Waals surface area contributed by atoms with Crippen LogP contribution in [0.4, 0.5) is 10.8 Å². The number of anilines is 2. The number of sulfonamides is 1. The van der Waals surface area contributed by atoms with Crippen molar-refractivity contribution in [2.75, 3.05) is 22.1 Å². The number of carbonyl (C=O) groups is 1. The molecular formula is C15H20N4O3S3. The van der Waals surface area contributed by atoms with Gasteiger partial charge in [0.05, 0.1) is 11.9 Å². The van der Waals surface area contributed by atoms with Crippen molar-refractivity contribution in [3.63, 3.8) is 0 Å². The van der Waals surface area contributed by atoms with Gasteiger partial charge >= 0.3 is 0 Å². The highest BCUT2D eigenvalue weighted by atomic mass is 32.2. The number of hydrogen-bond donors (Lipinski definition) is 1. The molecule has 0 aliphatic carbocycles. The van der Waals surface area contributed by atoms with E-state index in [1.165, 1.54) is 23.1 Å². The van der Waals surface area contributed by atoms with Crippen LogP contribution in [0.3, 0.4) is 0 Å². The Morgan fingerprint density at radius 2 is 2.12 bits per heavy atom. The van der Waals surface area contributed by atoms with Crippen LogP contribution in [0.25, 0.3) is 0 Å². The normalized spacial score (nSPS) is 12.6. The van der Waals surface area contributed by atoms with E-state index in [4.69, 9.17) is 0 Å². The van der Waals surface area contributed by atoms with E-state index in [0.717, 1.165) is 20.5 Å². The van der Waals surface area contributed by atoms with Crippen molar-refractivity contribution in [2.45, 2.75) is 30.6 Å². The van der Waals surface area contributed by atoms with Crippen LogP contribution in [0.15, 0.2) is 28.6 Å². The Morgan fingerprint density at radius 1 is 1.40 bits per heavy atom. The molecule has 0 radical (unpaired) electrons. The molecule has 0 aliphatic heterocycles. The molecule has 7 nitrogen and oxygen atoms in total. The first-order chi connectivity index (χ1) is 11.8. The molecule has 1 aromatic heterocycles. The van der Waals surface area contributed by atoms with E-state index in [1.807, 2.05) is 19.2 Å². The Bertz CT molecular complexity index is 851. The van der Waals surface area contributed by atoms with Crippen molar-refractivity contribution in [2.24, 2.45) is 0 Å². The third kappa shape index (κ3) is 4.93. The summed E-state index contributed by atoms with van der Waals surface area (Å²) in [6.07, 6.45) is 3.28. The molecule has 1 aromatic carbocycles. The summed E-state index contributed by atoms with van der Waals surface area (Å²) in [6, 6.07) is 6.19. The standard InChI is InChI=1S/C15H20N4O3S3/c1-5-12(13(20)16-14-17-18-15(23-3)24-14)19(25(4,21)22)11-8-6-7-10(2)9-11/h6-9,12H,5H2,1-4H3,(H,16,17,20)/t12-/m1/s1. The summed E-state index contributed by atoms with van der Waals surface area (Å²) in [6.45, 7) is 3.64. The van der Waals surface area contributed by atoms with E-state index in [-0.39, 0.29) is 0 Å². The molecule has 10 heteroatoms. The maximum absolute atomic E-state index is 12.7. The molecule has 1 heterocycles. The molecular weight excluding hydrogens is 380 g/mol. The molecule has 0 spiro atoms. The molecule has 0 aliphatic rings. The Kier molecular flexibility index (Phi) is 6.42. The quantitative estimate of drug-likeness (QED) is 0.567. The zero-order chi connectivity index (χ0) is 18.6. The first-order valence-electron chi connectivity index (χ1n) is 7.50. The third-order valence-corrected chi connectivity index (χ3v) is 6.39. The zero-order valence-corrected chi connectivity index (χ0v) is 16.8. The molecule has 0 saturated heterocycles. The number of aromatic nitrogens is 2.